The summed E-state index contributed by atoms with van der Waals surface area (Å²) in [7, 11) is 0. The molecule has 2 amide bonds. The van der Waals surface area contributed by atoms with Crippen LogP contribution in [0.1, 0.15) is 13.3 Å². The normalized spacial score (nSPS) is 10.4. The molecule has 0 bridgehead atoms. The number of anilines is 1. The van der Waals surface area contributed by atoms with Crippen LogP contribution in [0.15, 0.2) is 24.5 Å². The topological polar surface area (TPSA) is 97.1 Å². The molecule has 0 aliphatic rings. The van der Waals surface area contributed by atoms with Gasteiger partial charge in [0.05, 0.1) is 18.4 Å². The molecule has 1 rings (SSSR count). The molecular formula is C11H18Cl2N4O2. The molecule has 0 aliphatic carbocycles. The Bertz CT molecular complexity index is 388. The van der Waals surface area contributed by atoms with Crippen LogP contribution in [0.5, 0.6) is 0 Å². The van der Waals surface area contributed by atoms with E-state index in [9.17, 15) is 9.59 Å². The highest BCUT2D eigenvalue weighted by Crippen LogP contribution is 2.01. The van der Waals surface area contributed by atoms with Gasteiger partial charge in [0.25, 0.3) is 0 Å². The number of nitrogens with one attached hydrogen (secondary N) is 2. The number of carbonyl (C=O) groups excluding carboxylic acids is 2. The van der Waals surface area contributed by atoms with Crippen molar-refractivity contribution in [3.63, 3.8) is 0 Å². The first-order chi connectivity index (χ1) is 8.08. The molecule has 8 heteroatoms. The Hall–Kier alpha value is -1.37. The Morgan fingerprint density at radius 2 is 2.05 bits per heavy atom. The number of halogens is 2. The van der Waals surface area contributed by atoms with Crippen LogP contribution in [-0.4, -0.2) is 29.4 Å². The van der Waals surface area contributed by atoms with Gasteiger partial charge in [0.1, 0.15) is 0 Å². The van der Waals surface area contributed by atoms with Crippen molar-refractivity contribution in [2.75, 3.05) is 11.9 Å². The number of pyridine rings is 1. The molecule has 0 spiro atoms. The third-order valence-corrected chi connectivity index (χ3v) is 1.90. The molecule has 1 heterocycles. The van der Waals surface area contributed by atoms with E-state index in [4.69, 9.17) is 5.73 Å². The number of hydrogen-bond donors (Lipinski definition) is 3. The second-order valence-electron chi connectivity index (χ2n) is 3.75. The van der Waals surface area contributed by atoms with Gasteiger partial charge in [-0.3, -0.25) is 14.6 Å². The summed E-state index contributed by atoms with van der Waals surface area (Å²) in [5.41, 5.74) is 6.05. The van der Waals surface area contributed by atoms with Crippen LogP contribution >= 0.6 is 24.8 Å². The van der Waals surface area contributed by atoms with Crippen LogP contribution in [0.25, 0.3) is 0 Å². The lowest BCUT2D eigenvalue weighted by Gasteiger charge is -2.07. The lowest BCUT2D eigenvalue weighted by Crippen LogP contribution is -2.35. The number of rotatable bonds is 5. The van der Waals surface area contributed by atoms with Gasteiger partial charge in [0.15, 0.2) is 0 Å². The Morgan fingerprint density at radius 3 is 2.58 bits per heavy atom. The molecule has 19 heavy (non-hydrogen) atoms. The van der Waals surface area contributed by atoms with Crippen LogP contribution in [0.4, 0.5) is 5.69 Å². The predicted octanol–water partition coefficient (Wildman–Crippen LogP) is 0.717. The molecular weight excluding hydrogens is 291 g/mol. The highest BCUT2D eigenvalue weighted by Gasteiger charge is 2.07. The van der Waals surface area contributed by atoms with E-state index in [1.165, 1.54) is 6.20 Å². The largest absolute Gasteiger partial charge is 0.347 e. The van der Waals surface area contributed by atoms with Gasteiger partial charge in [-0.25, -0.2) is 0 Å². The number of carbonyl (C=O) groups is 2. The van der Waals surface area contributed by atoms with Gasteiger partial charge in [0.2, 0.25) is 11.8 Å². The summed E-state index contributed by atoms with van der Waals surface area (Å²) >= 11 is 0. The summed E-state index contributed by atoms with van der Waals surface area (Å²) in [5, 5.41) is 5.09. The van der Waals surface area contributed by atoms with E-state index < -0.39 is 0 Å². The number of nitrogens with zero attached hydrogens (tertiary/aromatic N) is 1. The molecule has 0 saturated heterocycles. The van der Waals surface area contributed by atoms with Gasteiger partial charge in [-0.15, -0.1) is 24.8 Å². The van der Waals surface area contributed by atoms with Crippen molar-refractivity contribution in [1.82, 2.24) is 10.3 Å². The van der Waals surface area contributed by atoms with Crippen molar-refractivity contribution in [3.05, 3.63) is 24.5 Å². The van der Waals surface area contributed by atoms with E-state index in [1.807, 2.05) is 0 Å². The van der Waals surface area contributed by atoms with Gasteiger partial charge in [-0.05, 0) is 19.1 Å². The Morgan fingerprint density at radius 1 is 1.37 bits per heavy atom. The zero-order valence-corrected chi connectivity index (χ0v) is 12.1. The SMILES string of the molecule is CC(N)CC(=O)NCC(=O)Nc1cccnc1.Cl.Cl. The first-order valence-electron chi connectivity index (χ1n) is 5.30. The maximum atomic E-state index is 11.4. The molecule has 1 aromatic heterocycles. The molecule has 0 fully saturated rings. The van der Waals surface area contributed by atoms with Gasteiger partial charge < -0.3 is 16.4 Å². The summed E-state index contributed by atoms with van der Waals surface area (Å²) < 4.78 is 0. The fourth-order valence-corrected chi connectivity index (χ4v) is 1.19. The number of amides is 2. The smallest absolute Gasteiger partial charge is 0.243 e. The molecule has 0 saturated carbocycles. The second kappa shape index (κ2) is 10.5. The number of aromatic nitrogens is 1. The van der Waals surface area contributed by atoms with Crippen LogP contribution in [0.3, 0.4) is 0 Å². The van der Waals surface area contributed by atoms with Crippen LogP contribution in [-0.2, 0) is 9.59 Å². The third kappa shape index (κ3) is 9.24. The maximum absolute atomic E-state index is 11.4. The molecule has 1 unspecified atom stereocenters. The Balaban J connectivity index is 0. The van der Waals surface area contributed by atoms with Gasteiger partial charge >= 0.3 is 0 Å². The zero-order chi connectivity index (χ0) is 12.7. The summed E-state index contributed by atoms with van der Waals surface area (Å²) in [6.07, 6.45) is 3.35. The highest BCUT2D eigenvalue weighted by atomic mass is 35.5. The highest BCUT2D eigenvalue weighted by molar-refractivity contribution is 5.94. The molecule has 0 radical (unpaired) electrons. The van der Waals surface area contributed by atoms with Gasteiger partial charge in [-0.2, -0.15) is 0 Å². The van der Waals surface area contributed by atoms with Crippen molar-refractivity contribution in [1.29, 1.82) is 0 Å². The van der Waals surface area contributed by atoms with E-state index in [1.54, 1.807) is 25.3 Å². The van der Waals surface area contributed by atoms with Gasteiger partial charge in [0, 0.05) is 18.7 Å². The molecule has 1 aromatic rings. The summed E-state index contributed by atoms with van der Waals surface area (Å²) in [4.78, 5) is 26.5. The summed E-state index contributed by atoms with van der Waals surface area (Å²) in [5.74, 6) is -0.530. The monoisotopic (exact) mass is 308 g/mol. The van der Waals surface area contributed by atoms with Crippen molar-refractivity contribution in [2.45, 2.75) is 19.4 Å². The lowest BCUT2D eigenvalue weighted by molar-refractivity contribution is -0.124. The summed E-state index contributed by atoms with van der Waals surface area (Å²) in [6, 6.07) is 3.22. The van der Waals surface area contributed by atoms with Crippen molar-refractivity contribution < 1.29 is 9.59 Å². The molecule has 0 aromatic carbocycles. The lowest BCUT2D eigenvalue weighted by atomic mass is 10.2. The first kappa shape index (κ1) is 20.0. The van der Waals surface area contributed by atoms with Crippen LogP contribution in [0, 0.1) is 0 Å². The summed E-state index contributed by atoms with van der Waals surface area (Å²) in [6.45, 7) is 1.66. The average Bonchev–Trinajstić information content (AvgIpc) is 2.27. The molecule has 6 nitrogen and oxygen atoms in total. The molecule has 4 N–H and O–H groups in total. The minimum Gasteiger partial charge on any atom is -0.347 e. The third-order valence-electron chi connectivity index (χ3n) is 1.90. The predicted molar refractivity (Wildman–Crippen MR) is 78.6 cm³/mol. The van der Waals surface area contributed by atoms with Crippen LogP contribution in [0.2, 0.25) is 0 Å². The second-order valence-corrected chi connectivity index (χ2v) is 3.75. The fraction of sp³-hybridized carbons (Fsp3) is 0.364. The standard InChI is InChI=1S/C11H16N4O2.2ClH/c1-8(12)5-10(16)14-7-11(17)15-9-3-2-4-13-6-9;;/h2-4,6,8H,5,7,12H2,1H3,(H,14,16)(H,15,17);2*1H. The number of hydrogen-bond acceptors (Lipinski definition) is 4. The molecule has 1 atom stereocenters. The quantitative estimate of drug-likeness (QED) is 0.746. The zero-order valence-electron chi connectivity index (χ0n) is 10.5. The van der Waals surface area contributed by atoms with E-state index in [0.717, 1.165) is 0 Å². The average molecular weight is 309 g/mol. The van der Waals surface area contributed by atoms with E-state index in [0.29, 0.717) is 5.69 Å². The molecule has 108 valence electrons. The molecule has 0 aliphatic heterocycles. The van der Waals surface area contributed by atoms with Crippen molar-refractivity contribution >= 4 is 42.3 Å². The minimum atomic E-state index is -0.295. The van der Waals surface area contributed by atoms with Crippen LogP contribution < -0.4 is 16.4 Å². The maximum Gasteiger partial charge on any atom is 0.243 e. The Kier molecular flexibility index (Phi) is 11.1. The van der Waals surface area contributed by atoms with E-state index in [2.05, 4.69) is 15.6 Å². The van der Waals surface area contributed by atoms with Crippen molar-refractivity contribution in [2.24, 2.45) is 5.73 Å². The van der Waals surface area contributed by atoms with E-state index >= 15 is 0 Å². The van der Waals surface area contributed by atoms with Gasteiger partial charge in [-0.1, -0.05) is 0 Å². The number of nitrogens with two attached hydrogens (primary N) is 1. The fourth-order valence-electron chi connectivity index (χ4n) is 1.19. The van der Waals surface area contributed by atoms with Crippen molar-refractivity contribution in [3.8, 4) is 0 Å². The van der Waals surface area contributed by atoms with E-state index in [-0.39, 0.29) is 55.6 Å². The Labute approximate surface area is 124 Å². The first-order valence-corrected chi connectivity index (χ1v) is 5.30. The minimum absolute atomic E-state index is 0.